The molecule has 0 amide bonds. The summed E-state index contributed by atoms with van der Waals surface area (Å²) in [5, 5.41) is 3.54. The Bertz CT molecular complexity index is 461. The average Bonchev–Trinajstić information content (AvgIpc) is 2.44. The summed E-state index contributed by atoms with van der Waals surface area (Å²) in [6.45, 7) is 3.60. The van der Waals surface area contributed by atoms with Crippen LogP contribution >= 0.6 is 15.9 Å². The van der Waals surface area contributed by atoms with Crippen molar-refractivity contribution in [3.8, 4) is 11.5 Å². The smallest absolute Gasteiger partial charge is 0.175 e. The number of ether oxygens (including phenoxy) is 3. The summed E-state index contributed by atoms with van der Waals surface area (Å²) in [6, 6.07) is 4.68. The third kappa shape index (κ3) is 4.34. The molecule has 5 heteroatoms. The van der Waals surface area contributed by atoms with Crippen molar-refractivity contribution in [3.05, 3.63) is 22.2 Å². The van der Waals surface area contributed by atoms with Gasteiger partial charge in [0, 0.05) is 19.7 Å². The van der Waals surface area contributed by atoms with E-state index in [1.165, 1.54) is 5.56 Å². The molecule has 21 heavy (non-hydrogen) atoms. The lowest BCUT2D eigenvalue weighted by Gasteiger charge is -2.34. The van der Waals surface area contributed by atoms with Crippen LogP contribution in [0.25, 0.3) is 0 Å². The molecule has 0 unspecified atom stereocenters. The van der Waals surface area contributed by atoms with E-state index in [0.717, 1.165) is 41.8 Å². The highest BCUT2D eigenvalue weighted by Gasteiger charge is 2.28. The largest absolute Gasteiger partial charge is 0.493 e. The Morgan fingerprint density at radius 3 is 2.67 bits per heavy atom. The van der Waals surface area contributed by atoms with Crippen LogP contribution in [0, 0.1) is 0 Å². The normalized spacial score (nSPS) is 21.0. The Labute approximate surface area is 135 Å². The molecule has 0 saturated heterocycles. The molecule has 0 radical (unpaired) electrons. The summed E-state index contributed by atoms with van der Waals surface area (Å²) < 4.78 is 17.4. The number of nitrogens with one attached hydrogen (secondary N) is 1. The third-order valence-corrected chi connectivity index (χ3v) is 4.35. The molecule has 1 aliphatic rings. The molecule has 4 nitrogen and oxygen atoms in total. The van der Waals surface area contributed by atoms with Gasteiger partial charge >= 0.3 is 0 Å². The molecule has 1 saturated carbocycles. The molecule has 0 aromatic heterocycles. The van der Waals surface area contributed by atoms with E-state index in [9.17, 15) is 0 Å². The first kappa shape index (κ1) is 16.6. The third-order valence-electron chi connectivity index (χ3n) is 3.76. The molecule has 0 bridgehead atoms. The SMILES string of the molecule is CCCOc1c(Br)cc(CNC2CC(OC)C2)cc1OC. The highest BCUT2D eigenvalue weighted by molar-refractivity contribution is 9.10. The van der Waals surface area contributed by atoms with Crippen LogP contribution in [0.2, 0.25) is 0 Å². The monoisotopic (exact) mass is 357 g/mol. The second-order valence-corrected chi connectivity index (χ2v) is 6.22. The fraction of sp³-hybridized carbons (Fsp3) is 0.625. The van der Waals surface area contributed by atoms with Gasteiger partial charge in [0.1, 0.15) is 0 Å². The first-order valence-corrected chi connectivity index (χ1v) is 8.22. The van der Waals surface area contributed by atoms with Crippen LogP contribution in [0.5, 0.6) is 11.5 Å². The van der Waals surface area contributed by atoms with E-state index >= 15 is 0 Å². The Morgan fingerprint density at radius 1 is 1.29 bits per heavy atom. The van der Waals surface area contributed by atoms with Gasteiger partial charge < -0.3 is 19.5 Å². The van der Waals surface area contributed by atoms with Gasteiger partial charge in [-0.1, -0.05) is 6.92 Å². The Kier molecular flexibility index (Phi) is 6.33. The molecule has 1 fully saturated rings. The van der Waals surface area contributed by atoms with Crippen molar-refractivity contribution >= 4 is 15.9 Å². The zero-order chi connectivity index (χ0) is 15.2. The van der Waals surface area contributed by atoms with Gasteiger partial charge in [0.15, 0.2) is 11.5 Å². The molecule has 1 aromatic carbocycles. The standard InChI is InChI=1S/C16H24BrNO3/c1-4-5-21-16-14(17)6-11(7-15(16)20-3)10-18-12-8-13(9-12)19-2/h6-7,12-13,18H,4-5,8-10H2,1-3H3. The highest BCUT2D eigenvalue weighted by Crippen LogP contribution is 2.37. The second kappa shape index (κ2) is 8.01. The van der Waals surface area contributed by atoms with Crippen LogP contribution in [-0.2, 0) is 11.3 Å². The summed E-state index contributed by atoms with van der Waals surface area (Å²) in [6.07, 6.45) is 3.58. The fourth-order valence-electron chi connectivity index (χ4n) is 2.41. The summed E-state index contributed by atoms with van der Waals surface area (Å²) in [5.41, 5.74) is 1.18. The minimum absolute atomic E-state index is 0.425. The van der Waals surface area contributed by atoms with Crippen LogP contribution in [0.4, 0.5) is 0 Å². The first-order chi connectivity index (χ1) is 10.2. The minimum atomic E-state index is 0.425. The van der Waals surface area contributed by atoms with Gasteiger partial charge in [0.05, 0.1) is 24.3 Å². The van der Waals surface area contributed by atoms with Gasteiger partial charge in [-0.2, -0.15) is 0 Å². The predicted molar refractivity (Wildman–Crippen MR) is 87.1 cm³/mol. The van der Waals surface area contributed by atoms with Crippen LogP contribution in [-0.4, -0.2) is 33.0 Å². The van der Waals surface area contributed by atoms with Crippen molar-refractivity contribution < 1.29 is 14.2 Å². The van der Waals surface area contributed by atoms with E-state index in [1.54, 1.807) is 14.2 Å². The lowest BCUT2D eigenvalue weighted by molar-refractivity contribution is 0.0170. The molecule has 0 atom stereocenters. The fourth-order valence-corrected chi connectivity index (χ4v) is 3.01. The minimum Gasteiger partial charge on any atom is -0.493 e. The van der Waals surface area contributed by atoms with Gasteiger partial charge in [0.25, 0.3) is 0 Å². The summed E-state index contributed by atoms with van der Waals surface area (Å²) in [5.74, 6) is 1.56. The first-order valence-electron chi connectivity index (χ1n) is 7.43. The Morgan fingerprint density at radius 2 is 2.05 bits per heavy atom. The number of hydrogen-bond acceptors (Lipinski definition) is 4. The number of rotatable bonds is 8. The molecule has 1 aliphatic carbocycles. The lowest BCUT2D eigenvalue weighted by Crippen LogP contribution is -2.44. The van der Waals surface area contributed by atoms with Gasteiger partial charge in [-0.3, -0.25) is 0 Å². The van der Waals surface area contributed by atoms with Gasteiger partial charge in [-0.05, 0) is 52.9 Å². The summed E-state index contributed by atoms with van der Waals surface area (Å²) >= 11 is 3.58. The predicted octanol–water partition coefficient (Wildman–Crippen LogP) is 3.51. The molecule has 1 N–H and O–H groups in total. The van der Waals surface area contributed by atoms with Crippen molar-refractivity contribution in [1.82, 2.24) is 5.32 Å². The maximum Gasteiger partial charge on any atom is 0.175 e. The van der Waals surface area contributed by atoms with Crippen molar-refractivity contribution in [2.75, 3.05) is 20.8 Å². The number of benzene rings is 1. The molecule has 0 aliphatic heterocycles. The van der Waals surface area contributed by atoms with E-state index in [-0.39, 0.29) is 0 Å². The summed E-state index contributed by atoms with van der Waals surface area (Å²) in [7, 11) is 3.45. The van der Waals surface area contributed by atoms with Crippen molar-refractivity contribution in [2.45, 2.75) is 44.9 Å². The number of halogens is 1. The topological polar surface area (TPSA) is 39.7 Å². The van der Waals surface area contributed by atoms with E-state index in [4.69, 9.17) is 14.2 Å². The quantitative estimate of drug-likeness (QED) is 0.772. The van der Waals surface area contributed by atoms with Crippen LogP contribution in [0.3, 0.4) is 0 Å². The molecular weight excluding hydrogens is 334 g/mol. The van der Waals surface area contributed by atoms with E-state index in [2.05, 4.69) is 34.2 Å². The number of methoxy groups -OCH3 is 2. The zero-order valence-electron chi connectivity index (χ0n) is 12.9. The van der Waals surface area contributed by atoms with Crippen molar-refractivity contribution in [3.63, 3.8) is 0 Å². The Balaban J connectivity index is 1.95. The molecular formula is C16H24BrNO3. The molecule has 2 rings (SSSR count). The van der Waals surface area contributed by atoms with Crippen LogP contribution in [0.1, 0.15) is 31.7 Å². The molecule has 118 valence electrons. The second-order valence-electron chi connectivity index (χ2n) is 5.36. The Hall–Kier alpha value is -0.780. The maximum atomic E-state index is 5.74. The van der Waals surface area contributed by atoms with E-state index < -0.39 is 0 Å². The maximum absolute atomic E-state index is 5.74. The van der Waals surface area contributed by atoms with Crippen molar-refractivity contribution in [2.24, 2.45) is 0 Å². The van der Waals surface area contributed by atoms with Gasteiger partial charge in [0.2, 0.25) is 0 Å². The van der Waals surface area contributed by atoms with Gasteiger partial charge in [-0.15, -0.1) is 0 Å². The van der Waals surface area contributed by atoms with E-state index in [0.29, 0.717) is 18.8 Å². The summed E-state index contributed by atoms with van der Waals surface area (Å²) in [4.78, 5) is 0. The molecule has 0 heterocycles. The van der Waals surface area contributed by atoms with Crippen LogP contribution < -0.4 is 14.8 Å². The van der Waals surface area contributed by atoms with Gasteiger partial charge in [-0.25, -0.2) is 0 Å². The molecule has 0 spiro atoms. The average molecular weight is 358 g/mol. The number of hydrogen-bond donors (Lipinski definition) is 1. The van der Waals surface area contributed by atoms with Crippen LogP contribution in [0.15, 0.2) is 16.6 Å². The zero-order valence-corrected chi connectivity index (χ0v) is 14.5. The lowest BCUT2D eigenvalue weighted by atomic mass is 9.89. The van der Waals surface area contributed by atoms with Crippen molar-refractivity contribution in [1.29, 1.82) is 0 Å². The van der Waals surface area contributed by atoms with E-state index in [1.807, 2.05) is 6.07 Å². The molecule has 1 aromatic rings. The highest BCUT2D eigenvalue weighted by atomic mass is 79.9.